The van der Waals surface area contributed by atoms with E-state index in [1.807, 2.05) is 67.6 Å². The lowest BCUT2D eigenvalue weighted by Crippen LogP contribution is -2.49. The molecule has 4 N–H and O–H groups in total. The molecular weight excluding hydrogens is 802 g/mol. The molecule has 0 aliphatic carbocycles. The lowest BCUT2D eigenvalue weighted by atomic mass is 9.91. The molecule has 2 aliphatic rings. The molecule has 0 spiro atoms. The molecule has 2 amide bonds. The fourth-order valence-electron chi connectivity index (χ4n) is 7.39. The van der Waals surface area contributed by atoms with Gasteiger partial charge in [0.15, 0.2) is 29.0 Å². The summed E-state index contributed by atoms with van der Waals surface area (Å²) in [6.45, 7) is 2.06. The van der Waals surface area contributed by atoms with Crippen LogP contribution in [0.4, 0.5) is 29.7 Å². The van der Waals surface area contributed by atoms with Gasteiger partial charge >= 0.3 is 18.2 Å². The Morgan fingerprint density at radius 1 is 0.967 bits per heavy atom. The summed E-state index contributed by atoms with van der Waals surface area (Å²) in [6.07, 6.45) is -7.01. The smallest absolute Gasteiger partial charge is 0.387 e. The standard InChI is InChI=1S/C41H41F3N10O7/c1-2-26-19-30(60-51-26)34-32(55)33(56)37(59-34)53-23-48-31-35(46-21-29(24-11-5-3-6-12-24)25-13-7-4-8-14-25)49-39(50-36(31)53)52-18-16-28(22-52)54(61-38(57)41(42,43)44)40(58)47-20-27-15-9-10-17-45-27/h3-15,17,19,23,28-29,32-34,37,55-56H,2,16,18,20-22H2,1H3,(H,47,58)(H,46,49,50)/t28-,32+,33+,34-,37-/m1/s1. The van der Waals surface area contributed by atoms with E-state index in [4.69, 9.17) is 24.1 Å². The predicted molar refractivity (Wildman–Crippen MR) is 210 cm³/mol. The van der Waals surface area contributed by atoms with Crippen molar-refractivity contribution in [3.8, 4) is 0 Å². The van der Waals surface area contributed by atoms with Crippen LogP contribution in [-0.4, -0.2) is 101 Å². The predicted octanol–water partition coefficient (Wildman–Crippen LogP) is 4.82. The van der Waals surface area contributed by atoms with Gasteiger partial charge in [0.25, 0.3) is 0 Å². The number of aryl methyl sites for hydroxylation is 1. The summed E-state index contributed by atoms with van der Waals surface area (Å²) < 4.78 is 53.5. The maximum absolute atomic E-state index is 13.5. The fraction of sp³-hybridized carbons (Fsp3) is 0.341. The summed E-state index contributed by atoms with van der Waals surface area (Å²) in [6, 6.07) is 24.2. The third kappa shape index (κ3) is 8.82. The van der Waals surface area contributed by atoms with E-state index in [0.29, 0.717) is 29.4 Å². The number of aromatic nitrogens is 6. The summed E-state index contributed by atoms with van der Waals surface area (Å²) in [4.78, 5) is 50.2. The molecule has 8 rings (SSSR count). The topological polar surface area (TPSA) is 206 Å². The quantitative estimate of drug-likeness (QED) is 0.122. The number of alkyl halides is 3. The van der Waals surface area contributed by atoms with Crippen LogP contribution in [0.25, 0.3) is 11.2 Å². The number of halogens is 3. The van der Waals surface area contributed by atoms with Gasteiger partial charge in [0.2, 0.25) is 5.95 Å². The van der Waals surface area contributed by atoms with Gasteiger partial charge in [0.05, 0.1) is 30.3 Å². The van der Waals surface area contributed by atoms with Crippen LogP contribution >= 0.6 is 0 Å². The van der Waals surface area contributed by atoms with Gasteiger partial charge in [-0.25, -0.2) is 14.6 Å². The Morgan fingerprint density at radius 3 is 2.34 bits per heavy atom. The molecule has 2 fully saturated rings. The highest BCUT2D eigenvalue weighted by atomic mass is 19.4. The van der Waals surface area contributed by atoms with Gasteiger partial charge < -0.3 is 39.8 Å². The number of benzene rings is 2. The summed E-state index contributed by atoms with van der Waals surface area (Å²) in [7, 11) is 0. The van der Waals surface area contributed by atoms with Crippen LogP contribution < -0.4 is 15.5 Å². The number of hydroxylamine groups is 2. The average molecular weight is 843 g/mol. The average Bonchev–Trinajstić information content (AvgIpc) is 4.10. The highest BCUT2D eigenvalue weighted by Gasteiger charge is 2.48. The second-order valence-electron chi connectivity index (χ2n) is 14.5. The molecule has 2 aromatic carbocycles. The van der Waals surface area contributed by atoms with E-state index < -0.39 is 48.8 Å². The van der Waals surface area contributed by atoms with Crippen molar-refractivity contribution in [2.24, 2.45) is 0 Å². The zero-order valence-electron chi connectivity index (χ0n) is 32.6. The zero-order valence-corrected chi connectivity index (χ0v) is 32.6. The number of pyridine rings is 1. The molecular formula is C41H41F3N10O7. The van der Waals surface area contributed by atoms with E-state index >= 15 is 0 Å². The number of carbonyl (C=O) groups excluding carboxylic acids is 2. The van der Waals surface area contributed by atoms with E-state index in [1.54, 1.807) is 29.2 Å². The second kappa shape index (κ2) is 17.5. The Kier molecular flexibility index (Phi) is 11.8. The first-order valence-corrected chi connectivity index (χ1v) is 19.5. The third-order valence-electron chi connectivity index (χ3n) is 10.6. The number of anilines is 2. The first kappa shape index (κ1) is 41.1. The summed E-state index contributed by atoms with van der Waals surface area (Å²) in [5.74, 6) is -2.13. The zero-order chi connectivity index (χ0) is 42.7. The number of carbonyl (C=O) groups is 2. The first-order chi connectivity index (χ1) is 29.5. The van der Waals surface area contributed by atoms with Crippen LogP contribution in [0.1, 0.15) is 59.9 Å². The molecule has 6 aromatic rings. The molecule has 4 aromatic heterocycles. The Bertz CT molecular complexity index is 2400. The van der Waals surface area contributed by atoms with Crippen molar-refractivity contribution < 1.29 is 47.1 Å². The van der Waals surface area contributed by atoms with Gasteiger partial charge in [-0.05, 0) is 36.1 Å². The minimum absolute atomic E-state index is 0.0604. The normalized spacial score (nSPS) is 20.3. The minimum atomic E-state index is -5.38. The highest BCUT2D eigenvalue weighted by Crippen LogP contribution is 2.41. The number of hydrogen-bond acceptors (Lipinski definition) is 14. The van der Waals surface area contributed by atoms with E-state index in [9.17, 15) is 33.0 Å². The van der Waals surface area contributed by atoms with Crippen LogP contribution in [0.2, 0.25) is 0 Å². The molecule has 2 aliphatic heterocycles. The molecule has 318 valence electrons. The number of imidazole rings is 1. The van der Waals surface area contributed by atoms with Gasteiger partial charge in [-0.15, -0.1) is 5.06 Å². The van der Waals surface area contributed by atoms with Crippen molar-refractivity contribution in [2.75, 3.05) is 29.9 Å². The lowest BCUT2D eigenvalue weighted by Gasteiger charge is -2.27. The van der Waals surface area contributed by atoms with Crippen LogP contribution in [0, 0.1) is 0 Å². The third-order valence-corrected chi connectivity index (χ3v) is 10.6. The Labute approximate surface area is 346 Å². The second-order valence-corrected chi connectivity index (χ2v) is 14.5. The van der Waals surface area contributed by atoms with Crippen molar-refractivity contribution in [1.82, 2.24) is 40.0 Å². The van der Waals surface area contributed by atoms with Crippen molar-refractivity contribution in [3.63, 3.8) is 0 Å². The van der Waals surface area contributed by atoms with Gasteiger partial charge in [-0.2, -0.15) is 23.1 Å². The number of amides is 2. The molecule has 17 nitrogen and oxygen atoms in total. The number of aliphatic hydroxyl groups is 2. The van der Waals surface area contributed by atoms with Crippen LogP contribution in [-0.2, 0) is 27.3 Å². The van der Waals surface area contributed by atoms with Gasteiger partial charge in [-0.1, -0.05) is 78.8 Å². The van der Waals surface area contributed by atoms with Crippen molar-refractivity contribution in [1.29, 1.82) is 0 Å². The van der Waals surface area contributed by atoms with Crippen molar-refractivity contribution in [2.45, 2.75) is 69.0 Å². The van der Waals surface area contributed by atoms with Gasteiger partial charge in [0.1, 0.15) is 18.3 Å². The Morgan fingerprint density at radius 2 is 1.69 bits per heavy atom. The Balaban J connectivity index is 1.13. The highest BCUT2D eigenvalue weighted by molar-refractivity contribution is 5.85. The monoisotopic (exact) mass is 842 g/mol. The van der Waals surface area contributed by atoms with Crippen molar-refractivity contribution in [3.05, 3.63) is 126 Å². The maximum Gasteiger partial charge on any atom is 0.493 e. The fourth-order valence-corrected chi connectivity index (χ4v) is 7.39. The summed E-state index contributed by atoms with van der Waals surface area (Å²) in [5.41, 5.74) is 3.58. The number of rotatable bonds is 12. The largest absolute Gasteiger partial charge is 0.493 e. The molecule has 0 bridgehead atoms. The molecule has 2 saturated heterocycles. The molecule has 0 radical (unpaired) electrons. The first-order valence-electron chi connectivity index (χ1n) is 19.5. The molecule has 61 heavy (non-hydrogen) atoms. The molecule has 0 unspecified atom stereocenters. The van der Waals surface area contributed by atoms with Crippen LogP contribution in [0.3, 0.4) is 0 Å². The number of ether oxygens (including phenoxy) is 1. The molecule has 5 atom stereocenters. The van der Waals surface area contributed by atoms with Crippen molar-refractivity contribution >= 4 is 34.9 Å². The SMILES string of the molecule is CCc1cc([C@H]2O[C@@H](n3cnc4c(NCC(c5ccccc5)c5ccccc5)nc(N5CC[C@@H](N(OC(=O)C(F)(F)F)C(=O)NCc6ccccn6)C5)nc43)[C@@H](O)[C@@H]2O)on1. The number of nitrogens with zero attached hydrogens (tertiary/aromatic N) is 8. The molecule has 0 saturated carbocycles. The number of aliphatic hydroxyl groups excluding tert-OH is 2. The number of fused-ring (bicyclic) bond motifs is 1. The van der Waals surface area contributed by atoms with E-state index in [2.05, 4.69) is 25.8 Å². The van der Waals surface area contributed by atoms with E-state index in [1.165, 1.54) is 17.1 Å². The maximum atomic E-state index is 13.5. The van der Waals surface area contributed by atoms with Crippen LogP contribution in [0.15, 0.2) is 102 Å². The minimum Gasteiger partial charge on any atom is -0.387 e. The number of hydrogen-bond donors (Lipinski definition) is 4. The number of nitrogens with one attached hydrogen (secondary N) is 2. The molecule has 6 heterocycles. The van der Waals surface area contributed by atoms with Gasteiger partial charge in [-0.3, -0.25) is 9.55 Å². The number of urea groups is 1. The lowest BCUT2D eigenvalue weighted by molar-refractivity contribution is -0.232. The Hall–Kier alpha value is -6.64. The van der Waals surface area contributed by atoms with E-state index in [-0.39, 0.29) is 60.7 Å². The van der Waals surface area contributed by atoms with Crippen LogP contribution in [0.5, 0.6) is 0 Å². The molecule has 20 heteroatoms. The van der Waals surface area contributed by atoms with E-state index in [0.717, 1.165) is 11.1 Å². The summed E-state index contributed by atoms with van der Waals surface area (Å²) >= 11 is 0. The van der Waals surface area contributed by atoms with Gasteiger partial charge in [0, 0.05) is 37.8 Å². The summed E-state index contributed by atoms with van der Waals surface area (Å²) in [5, 5.41) is 32.8.